The van der Waals surface area contributed by atoms with Crippen molar-refractivity contribution < 1.29 is 19.7 Å². The van der Waals surface area contributed by atoms with Crippen LogP contribution in [0.4, 0.5) is 0 Å². The van der Waals surface area contributed by atoms with E-state index in [0.717, 1.165) is 0 Å². The third-order valence-corrected chi connectivity index (χ3v) is 2.59. The third-order valence-electron chi connectivity index (χ3n) is 2.59. The summed E-state index contributed by atoms with van der Waals surface area (Å²) in [5.74, 6) is -0.734. The van der Waals surface area contributed by atoms with Crippen LogP contribution in [0.3, 0.4) is 0 Å². The molecule has 19 heavy (non-hydrogen) atoms. The zero-order valence-electron chi connectivity index (χ0n) is 11.1. The minimum atomic E-state index is -0.628. The smallest absolute Gasteiger partial charge is 0.342 e. The molecular formula is C15H16O4. The van der Waals surface area contributed by atoms with E-state index in [1.165, 1.54) is 18.2 Å². The average Bonchev–Trinajstić information content (AvgIpc) is 2.27. The second-order valence-corrected chi connectivity index (χ2v) is 5.37. The summed E-state index contributed by atoms with van der Waals surface area (Å²) >= 11 is 0. The fraction of sp³-hybridized carbons (Fsp3) is 0.267. The highest BCUT2D eigenvalue weighted by Crippen LogP contribution is 2.31. The first-order chi connectivity index (χ1) is 8.78. The van der Waals surface area contributed by atoms with Gasteiger partial charge in [-0.05, 0) is 44.4 Å². The number of phenols is 2. The van der Waals surface area contributed by atoms with Gasteiger partial charge >= 0.3 is 5.97 Å². The predicted octanol–water partition coefficient (Wildman–Crippen LogP) is 3.21. The summed E-state index contributed by atoms with van der Waals surface area (Å²) in [5, 5.41) is 20.7. The van der Waals surface area contributed by atoms with Gasteiger partial charge in [0.15, 0.2) is 0 Å². The molecule has 0 aromatic heterocycles. The molecule has 0 atom stereocenters. The summed E-state index contributed by atoms with van der Waals surface area (Å²) < 4.78 is 5.22. The first kappa shape index (κ1) is 13.2. The zero-order valence-corrected chi connectivity index (χ0v) is 11.1. The lowest BCUT2D eigenvalue weighted by molar-refractivity contribution is 0.00670. The van der Waals surface area contributed by atoms with E-state index in [-0.39, 0.29) is 17.1 Å². The lowest BCUT2D eigenvalue weighted by Gasteiger charge is -2.20. The number of benzene rings is 2. The largest absolute Gasteiger partial charge is 0.507 e. The Labute approximate surface area is 111 Å². The molecule has 2 N–H and O–H groups in total. The molecule has 0 saturated heterocycles. The number of aromatic hydroxyl groups is 2. The summed E-state index contributed by atoms with van der Waals surface area (Å²) in [6.45, 7) is 5.28. The van der Waals surface area contributed by atoms with Crippen LogP contribution in [0.25, 0.3) is 10.8 Å². The number of hydrogen-bond donors (Lipinski definition) is 2. The van der Waals surface area contributed by atoms with Gasteiger partial charge in [0.1, 0.15) is 22.7 Å². The van der Waals surface area contributed by atoms with Gasteiger partial charge in [0.25, 0.3) is 0 Å². The van der Waals surface area contributed by atoms with Crippen molar-refractivity contribution in [1.82, 2.24) is 0 Å². The normalized spacial score (nSPS) is 11.5. The van der Waals surface area contributed by atoms with E-state index in [1.807, 2.05) is 0 Å². The van der Waals surface area contributed by atoms with Gasteiger partial charge < -0.3 is 14.9 Å². The quantitative estimate of drug-likeness (QED) is 0.773. The van der Waals surface area contributed by atoms with Gasteiger partial charge in [-0.15, -0.1) is 0 Å². The van der Waals surface area contributed by atoms with Gasteiger partial charge in [-0.2, -0.15) is 0 Å². The number of fused-ring (bicyclic) bond motifs is 1. The highest BCUT2D eigenvalue weighted by atomic mass is 16.6. The first-order valence-corrected chi connectivity index (χ1v) is 5.96. The van der Waals surface area contributed by atoms with E-state index in [9.17, 15) is 15.0 Å². The highest BCUT2D eigenvalue weighted by molar-refractivity contribution is 6.00. The number of carbonyl (C=O) groups is 1. The average molecular weight is 260 g/mol. The van der Waals surface area contributed by atoms with Gasteiger partial charge in [-0.3, -0.25) is 0 Å². The minimum Gasteiger partial charge on any atom is -0.507 e. The van der Waals surface area contributed by atoms with E-state index >= 15 is 0 Å². The second-order valence-electron chi connectivity index (χ2n) is 5.37. The van der Waals surface area contributed by atoms with E-state index in [0.29, 0.717) is 10.8 Å². The molecule has 0 aliphatic carbocycles. The molecule has 0 heterocycles. The molecule has 100 valence electrons. The maximum absolute atomic E-state index is 12.0. The van der Waals surface area contributed by atoms with Gasteiger partial charge in [-0.1, -0.05) is 12.1 Å². The van der Waals surface area contributed by atoms with Crippen LogP contribution in [0.2, 0.25) is 0 Å². The Hall–Kier alpha value is -2.23. The fourth-order valence-corrected chi connectivity index (χ4v) is 1.79. The summed E-state index contributed by atoms with van der Waals surface area (Å²) in [7, 11) is 0. The van der Waals surface area contributed by atoms with Crippen LogP contribution in [0.1, 0.15) is 31.1 Å². The Kier molecular flexibility index (Phi) is 3.10. The van der Waals surface area contributed by atoms with Crippen molar-refractivity contribution in [3.63, 3.8) is 0 Å². The van der Waals surface area contributed by atoms with Gasteiger partial charge in [0.2, 0.25) is 0 Å². The molecule has 4 nitrogen and oxygen atoms in total. The number of rotatable bonds is 1. The molecule has 0 aliphatic rings. The van der Waals surface area contributed by atoms with Crippen LogP contribution in [-0.2, 0) is 4.74 Å². The van der Waals surface area contributed by atoms with E-state index in [1.54, 1.807) is 32.9 Å². The maximum Gasteiger partial charge on any atom is 0.342 e. The zero-order chi connectivity index (χ0) is 14.2. The number of hydrogen-bond acceptors (Lipinski definition) is 4. The van der Waals surface area contributed by atoms with Crippen LogP contribution < -0.4 is 0 Å². The fourth-order valence-electron chi connectivity index (χ4n) is 1.79. The topological polar surface area (TPSA) is 66.8 Å². The third kappa shape index (κ3) is 2.78. The molecule has 4 heteroatoms. The van der Waals surface area contributed by atoms with Crippen molar-refractivity contribution >= 4 is 16.7 Å². The lowest BCUT2D eigenvalue weighted by atomic mass is 10.0. The molecule has 0 unspecified atom stereocenters. The molecule has 0 bridgehead atoms. The molecular weight excluding hydrogens is 244 g/mol. The molecule has 0 aliphatic heterocycles. The summed E-state index contributed by atoms with van der Waals surface area (Å²) in [4.78, 5) is 12.0. The number of phenolic OH excluding ortho intramolecular Hbond substituents is 2. The number of esters is 1. The summed E-state index contributed by atoms with van der Waals surface area (Å²) in [5.41, 5.74) is -0.537. The van der Waals surface area contributed by atoms with Crippen LogP contribution in [-0.4, -0.2) is 21.8 Å². The monoisotopic (exact) mass is 260 g/mol. The van der Waals surface area contributed by atoms with E-state index in [2.05, 4.69) is 0 Å². The van der Waals surface area contributed by atoms with Crippen LogP contribution >= 0.6 is 0 Å². The van der Waals surface area contributed by atoms with Crippen molar-refractivity contribution in [3.05, 3.63) is 35.9 Å². The molecule has 0 radical (unpaired) electrons. The molecule has 0 saturated carbocycles. The van der Waals surface area contributed by atoms with Crippen LogP contribution in [0.15, 0.2) is 30.3 Å². The Bertz CT molecular complexity index is 638. The first-order valence-electron chi connectivity index (χ1n) is 5.96. The second kappa shape index (κ2) is 4.46. The number of carbonyl (C=O) groups excluding carboxylic acids is 1. The molecule has 2 aromatic rings. The SMILES string of the molecule is CC(C)(C)OC(=O)c1cc2cccc(O)c2cc1O. The van der Waals surface area contributed by atoms with Gasteiger partial charge in [-0.25, -0.2) is 4.79 Å². The highest BCUT2D eigenvalue weighted by Gasteiger charge is 2.21. The molecule has 2 aromatic carbocycles. The standard InChI is InChI=1S/C15H16O4/c1-15(2,3)19-14(18)11-7-9-5-4-6-12(16)10(9)8-13(11)17/h4-8,16-17H,1-3H3. The van der Waals surface area contributed by atoms with Crippen molar-refractivity contribution in [2.75, 3.05) is 0 Å². The molecule has 0 fully saturated rings. The van der Waals surface area contributed by atoms with E-state index < -0.39 is 11.6 Å². The van der Waals surface area contributed by atoms with E-state index in [4.69, 9.17) is 4.74 Å². The van der Waals surface area contributed by atoms with Crippen molar-refractivity contribution in [2.45, 2.75) is 26.4 Å². The maximum atomic E-state index is 12.0. The number of ether oxygens (including phenoxy) is 1. The molecule has 2 rings (SSSR count). The van der Waals surface area contributed by atoms with Gasteiger partial charge in [0, 0.05) is 5.39 Å². The summed E-state index contributed by atoms with van der Waals surface area (Å²) in [6, 6.07) is 7.83. The van der Waals surface area contributed by atoms with Gasteiger partial charge in [0.05, 0.1) is 0 Å². The Morgan fingerprint density at radius 2 is 1.79 bits per heavy atom. The Balaban J connectivity index is 2.50. The van der Waals surface area contributed by atoms with Crippen molar-refractivity contribution in [2.24, 2.45) is 0 Å². The van der Waals surface area contributed by atoms with Crippen LogP contribution in [0.5, 0.6) is 11.5 Å². The summed E-state index contributed by atoms with van der Waals surface area (Å²) in [6.07, 6.45) is 0. The van der Waals surface area contributed by atoms with Crippen molar-refractivity contribution in [1.29, 1.82) is 0 Å². The Morgan fingerprint density at radius 1 is 1.11 bits per heavy atom. The van der Waals surface area contributed by atoms with Crippen molar-refractivity contribution in [3.8, 4) is 11.5 Å². The Morgan fingerprint density at radius 3 is 2.42 bits per heavy atom. The molecule has 0 spiro atoms. The predicted molar refractivity (Wildman–Crippen MR) is 72.4 cm³/mol. The van der Waals surface area contributed by atoms with Crippen LogP contribution in [0, 0.1) is 0 Å². The lowest BCUT2D eigenvalue weighted by Crippen LogP contribution is -2.23. The molecule has 0 amide bonds. The minimum absolute atomic E-state index is 0.0588.